The molecule has 0 radical (unpaired) electrons. The second-order valence-corrected chi connectivity index (χ2v) is 10.2. The number of hydrogen-bond acceptors (Lipinski definition) is 0. The molecular weight excluding hydrogens is 163 g/mol. The molecule has 0 aromatic heterocycles. The first-order valence-corrected chi connectivity index (χ1v) is 8.24. The average Bonchev–Trinajstić information content (AvgIpc) is 1.91. The van der Waals surface area contributed by atoms with E-state index in [9.17, 15) is 0 Å². The minimum absolute atomic E-state index is 0.915. The van der Waals surface area contributed by atoms with Gasteiger partial charge in [0, 0.05) is 0 Å². The van der Waals surface area contributed by atoms with Gasteiger partial charge in [0.15, 0.2) is 0 Å². The Balaban J connectivity index is 2.71. The summed E-state index contributed by atoms with van der Waals surface area (Å²) in [6.07, 6.45) is 1.30. The van der Waals surface area contributed by atoms with Crippen LogP contribution in [-0.4, -0.2) is 20.0 Å². The van der Waals surface area contributed by atoms with E-state index in [0.29, 0.717) is 0 Å². The Kier molecular flexibility index (Phi) is 2.90. The van der Waals surface area contributed by atoms with Crippen LogP contribution >= 0.6 is 7.26 Å². The first-order chi connectivity index (χ1) is 5.47. The van der Waals surface area contributed by atoms with Gasteiger partial charge in [0.2, 0.25) is 0 Å². The zero-order valence-electron chi connectivity index (χ0n) is 8.52. The SMILES string of the molecule is Cc1ccc(C[PH](C)(C)C)cc1. The van der Waals surface area contributed by atoms with Crippen LogP contribution in [0.1, 0.15) is 11.1 Å². The van der Waals surface area contributed by atoms with Gasteiger partial charge >= 0.3 is 75.7 Å². The normalized spacial score (nSPS) is 13.0. The van der Waals surface area contributed by atoms with E-state index in [2.05, 4.69) is 51.2 Å². The zero-order valence-corrected chi connectivity index (χ0v) is 9.52. The van der Waals surface area contributed by atoms with Gasteiger partial charge in [-0.2, -0.15) is 0 Å². The van der Waals surface area contributed by atoms with Crippen LogP contribution in [0.3, 0.4) is 0 Å². The van der Waals surface area contributed by atoms with Crippen LogP contribution in [0.25, 0.3) is 0 Å². The molecule has 1 rings (SSSR count). The molecule has 0 aliphatic rings. The van der Waals surface area contributed by atoms with E-state index in [1.807, 2.05) is 0 Å². The molecule has 0 N–H and O–H groups in total. The summed E-state index contributed by atoms with van der Waals surface area (Å²) >= 11 is 0. The van der Waals surface area contributed by atoms with Gasteiger partial charge in [0.25, 0.3) is 0 Å². The van der Waals surface area contributed by atoms with Crippen LogP contribution < -0.4 is 0 Å². The predicted octanol–water partition coefficient (Wildman–Crippen LogP) is 3.13. The number of benzene rings is 1. The van der Waals surface area contributed by atoms with E-state index < -0.39 is 7.26 Å². The maximum absolute atomic E-state index is 2.41. The second kappa shape index (κ2) is 3.58. The standard InChI is InChI=1S/C11H19P/c1-10-5-7-11(8-6-10)9-12(2,3)4/h5-8,12H,9H2,1-4H3. The number of aryl methyl sites for hydroxylation is 1. The molecule has 0 saturated carbocycles. The molecule has 0 unspecified atom stereocenters. The molecule has 0 saturated heterocycles. The minimum atomic E-state index is -0.915. The van der Waals surface area contributed by atoms with E-state index in [-0.39, 0.29) is 0 Å². The summed E-state index contributed by atoms with van der Waals surface area (Å²) < 4.78 is 0. The van der Waals surface area contributed by atoms with Crippen LogP contribution in [0.5, 0.6) is 0 Å². The van der Waals surface area contributed by atoms with Crippen molar-refractivity contribution in [1.82, 2.24) is 0 Å². The van der Waals surface area contributed by atoms with Crippen molar-refractivity contribution in [3.63, 3.8) is 0 Å². The summed E-state index contributed by atoms with van der Waals surface area (Å²) in [6, 6.07) is 8.92. The molecule has 0 bridgehead atoms. The molecule has 12 heavy (non-hydrogen) atoms. The third-order valence-electron chi connectivity index (χ3n) is 1.86. The molecule has 0 fully saturated rings. The number of rotatable bonds is 2. The Bertz CT molecular complexity index is 241. The fourth-order valence-electron chi connectivity index (χ4n) is 1.32. The molecule has 0 aliphatic heterocycles. The summed E-state index contributed by atoms with van der Waals surface area (Å²) in [4.78, 5) is 0. The van der Waals surface area contributed by atoms with Gasteiger partial charge in [-0.25, -0.2) is 0 Å². The van der Waals surface area contributed by atoms with E-state index >= 15 is 0 Å². The number of hydrogen-bond donors (Lipinski definition) is 0. The zero-order chi connectivity index (χ0) is 9.19. The van der Waals surface area contributed by atoms with Crippen LogP contribution in [0.4, 0.5) is 0 Å². The molecule has 1 aromatic rings. The molecule has 0 aliphatic carbocycles. The molecule has 0 atom stereocenters. The molecule has 0 nitrogen and oxygen atoms in total. The van der Waals surface area contributed by atoms with Gasteiger partial charge in [-0.15, -0.1) is 0 Å². The van der Waals surface area contributed by atoms with Crippen molar-refractivity contribution in [3.05, 3.63) is 35.4 Å². The van der Waals surface area contributed by atoms with Crippen molar-refractivity contribution in [3.8, 4) is 0 Å². The maximum atomic E-state index is 2.41. The van der Waals surface area contributed by atoms with Gasteiger partial charge in [-0.3, -0.25) is 0 Å². The van der Waals surface area contributed by atoms with Gasteiger partial charge in [0.1, 0.15) is 0 Å². The Hall–Kier alpha value is -0.350. The third-order valence-corrected chi connectivity index (χ3v) is 3.32. The summed E-state index contributed by atoms with van der Waals surface area (Å²) in [5.74, 6) is 0. The average molecular weight is 182 g/mol. The van der Waals surface area contributed by atoms with Gasteiger partial charge in [-0.1, -0.05) is 0 Å². The van der Waals surface area contributed by atoms with Gasteiger partial charge in [-0.05, 0) is 0 Å². The quantitative estimate of drug-likeness (QED) is 0.616. The predicted molar refractivity (Wildman–Crippen MR) is 61.0 cm³/mol. The van der Waals surface area contributed by atoms with Crippen LogP contribution in [0, 0.1) is 6.92 Å². The molecule has 1 aromatic carbocycles. The van der Waals surface area contributed by atoms with Crippen molar-refractivity contribution >= 4 is 7.26 Å². The van der Waals surface area contributed by atoms with Crippen LogP contribution in [-0.2, 0) is 6.16 Å². The van der Waals surface area contributed by atoms with Crippen LogP contribution in [0.2, 0.25) is 0 Å². The molecule has 68 valence electrons. The molecule has 0 spiro atoms. The van der Waals surface area contributed by atoms with E-state index in [0.717, 1.165) is 0 Å². The molecular formula is C11H19P. The Morgan fingerprint density at radius 3 is 1.92 bits per heavy atom. The summed E-state index contributed by atoms with van der Waals surface area (Å²) in [5, 5.41) is 0. The van der Waals surface area contributed by atoms with Crippen molar-refractivity contribution < 1.29 is 0 Å². The molecule has 0 heterocycles. The second-order valence-electron chi connectivity index (χ2n) is 4.72. The summed E-state index contributed by atoms with van der Waals surface area (Å²) in [7, 11) is -0.915. The van der Waals surface area contributed by atoms with Crippen molar-refractivity contribution in [2.75, 3.05) is 20.0 Å². The summed E-state index contributed by atoms with van der Waals surface area (Å²) in [5.41, 5.74) is 2.86. The first kappa shape index (κ1) is 9.74. The Morgan fingerprint density at radius 2 is 1.50 bits per heavy atom. The van der Waals surface area contributed by atoms with Gasteiger partial charge < -0.3 is 0 Å². The fourth-order valence-corrected chi connectivity index (χ4v) is 2.78. The molecule has 1 heteroatoms. The topological polar surface area (TPSA) is 0 Å². The van der Waals surface area contributed by atoms with Crippen LogP contribution in [0.15, 0.2) is 24.3 Å². The van der Waals surface area contributed by atoms with E-state index in [1.54, 1.807) is 0 Å². The van der Waals surface area contributed by atoms with Crippen molar-refractivity contribution in [1.29, 1.82) is 0 Å². The van der Waals surface area contributed by atoms with Crippen molar-refractivity contribution in [2.45, 2.75) is 13.1 Å². The first-order valence-electron chi connectivity index (χ1n) is 4.53. The van der Waals surface area contributed by atoms with Gasteiger partial charge in [0.05, 0.1) is 0 Å². The Morgan fingerprint density at radius 1 is 1.00 bits per heavy atom. The van der Waals surface area contributed by atoms with E-state index in [4.69, 9.17) is 0 Å². The summed E-state index contributed by atoms with van der Waals surface area (Å²) in [6.45, 7) is 9.37. The molecule has 0 amide bonds. The fraction of sp³-hybridized carbons (Fsp3) is 0.455. The van der Waals surface area contributed by atoms with Crippen molar-refractivity contribution in [2.24, 2.45) is 0 Å². The monoisotopic (exact) mass is 182 g/mol. The van der Waals surface area contributed by atoms with E-state index in [1.165, 1.54) is 17.3 Å². The third kappa shape index (κ3) is 3.36. The Labute approximate surface area is 76.3 Å².